The first kappa shape index (κ1) is 22.2. The van der Waals surface area contributed by atoms with Gasteiger partial charge in [-0.1, -0.05) is 39.5 Å². The third-order valence-electron chi connectivity index (χ3n) is 3.49. The molecule has 0 aromatic heterocycles. The molecule has 0 atom stereocenters. The van der Waals surface area contributed by atoms with Crippen LogP contribution in [0.15, 0.2) is 0 Å². The van der Waals surface area contributed by atoms with Crippen molar-refractivity contribution in [3.05, 3.63) is 0 Å². The Labute approximate surface area is 143 Å². The lowest BCUT2D eigenvalue weighted by Crippen LogP contribution is -2.55. The van der Waals surface area contributed by atoms with Gasteiger partial charge in [-0.05, 0) is 53.6 Å². The minimum absolute atomic E-state index is 0.304. The first-order chi connectivity index (χ1) is 10.4. The fraction of sp³-hybridized carbons (Fsp3) is 0.889. The van der Waals surface area contributed by atoms with Crippen molar-refractivity contribution in [2.75, 3.05) is 0 Å². The first-order valence-electron chi connectivity index (χ1n) is 8.85. The van der Waals surface area contributed by atoms with Gasteiger partial charge >= 0.3 is 8.07 Å². The highest BCUT2D eigenvalue weighted by Gasteiger charge is 2.53. The maximum Gasteiger partial charge on any atom is 0.312 e. The quantitative estimate of drug-likeness (QED) is 0.501. The molecule has 0 aliphatic rings. The van der Waals surface area contributed by atoms with Crippen LogP contribution >= 0.6 is 0 Å². The van der Waals surface area contributed by atoms with E-state index in [4.69, 9.17) is 9.47 Å². The van der Waals surface area contributed by atoms with Gasteiger partial charge in [0.05, 0.1) is 0 Å². The van der Waals surface area contributed by atoms with Crippen LogP contribution in [0.4, 0.5) is 9.59 Å². The van der Waals surface area contributed by atoms with Gasteiger partial charge in [-0.15, -0.1) is 0 Å². The van der Waals surface area contributed by atoms with Crippen molar-refractivity contribution >= 4 is 19.3 Å². The van der Waals surface area contributed by atoms with Crippen molar-refractivity contribution in [3.63, 3.8) is 0 Å². The van der Waals surface area contributed by atoms with Gasteiger partial charge in [-0.2, -0.15) is 0 Å². The number of carbonyl (C=O) groups excluding carboxylic acids is 2. The number of ether oxygens (including phenoxy) is 2. The third kappa shape index (κ3) is 8.00. The zero-order valence-electron chi connectivity index (χ0n) is 16.4. The Hall–Kier alpha value is -0.843. The number of hydrogen-bond acceptors (Lipinski definition) is 4. The SMILES string of the molecule is CCCC[Si](CCCC)(C(=O)OC(C)(C)C)C(=O)OC(C)(C)C. The molecule has 0 aromatic rings. The predicted octanol–water partition coefficient (Wildman–Crippen LogP) is 6.07. The van der Waals surface area contributed by atoms with Crippen molar-refractivity contribution in [2.45, 2.75) is 104 Å². The van der Waals surface area contributed by atoms with Crippen molar-refractivity contribution in [1.29, 1.82) is 0 Å². The molecule has 0 aromatic carbocycles. The normalized spacial score (nSPS) is 12.9. The first-order valence-corrected chi connectivity index (χ1v) is 11.3. The maximum absolute atomic E-state index is 13.0. The number of hydrogen-bond donors (Lipinski definition) is 0. The molecule has 0 spiro atoms. The average molecular weight is 345 g/mol. The number of carbonyl (C=O) groups is 2. The van der Waals surface area contributed by atoms with Gasteiger partial charge in [0.2, 0.25) is 0 Å². The fourth-order valence-electron chi connectivity index (χ4n) is 2.33. The third-order valence-corrected chi connectivity index (χ3v) is 7.67. The molecule has 0 amide bonds. The highest BCUT2D eigenvalue weighted by atomic mass is 28.3. The van der Waals surface area contributed by atoms with Crippen LogP contribution in [-0.4, -0.2) is 30.5 Å². The molecule has 0 saturated heterocycles. The van der Waals surface area contributed by atoms with Crippen molar-refractivity contribution < 1.29 is 19.1 Å². The Balaban J connectivity index is 5.64. The molecule has 0 bridgehead atoms. The van der Waals surface area contributed by atoms with E-state index in [0.29, 0.717) is 12.1 Å². The van der Waals surface area contributed by atoms with Crippen molar-refractivity contribution in [2.24, 2.45) is 0 Å². The van der Waals surface area contributed by atoms with Gasteiger partial charge in [0.25, 0.3) is 11.2 Å². The summed E-state index contributed by atoms with van der Waals surface area (Å²) in [5.74, 6) is 0. The summed E-state index contributed by atoms with van der Waals surface area (Å²) in [6, 6.07) is 1.24. The van der Waals surface area contributed by atoms with Crippen molar-refractivity contribution in [1.82, 2.24) is 0 Å². The number of rotatable bonds is 8. The van der Waals surface area contributed by atoms with Crippen LogP contribution in [0.3, 0.4) is 0 Å². The predicted molar refractivity (Wildman–Crippen MR) is 97.7 cm³/mol. The molecular weight excluding hydrogens is 308 g/mol. The standard InChI is InChI=1S/C18H36O4Si/c1-9-11-13-23(14-12-10-2,15(19)21-17(3,4)5)16(20)22-18(6,7)8/h9-14H2,1-8H3. The van der Waals surface area contributed by atoms with E-state index in [0.717, 1.165) is 25.7 Å². The average Bonchev–Trinajstić information content (AvgIpc) is 2.35. The summed E-state index contributed by atoms with van der Waals surface area (Å²) in [5, 5.41) is 0. The molecule has 0 radical (unpaired) electrons. The Bertz CT molecular complexity index is 353. The molecule has 23 heavy (non-hydrogen) atoms. The molecule has 0 rings (SSSR count). The van der Waals surface area contributed by atoms with E-state index >= 15 is 0 Å². The molecule has 4 nitrogen and oxygen atoms in total. The fourth-order valence-corrected chi connectivity index (χ4v) is 6.48. The molecule has 5 heteroatoms. The summed E-state index contributed by atoms with van der Waals surface area (Å²) in [6.45, 7) is 15.2. The Morgan fingerprint density at radius 3 is 1.26 bits per heavy atom. The molecule has 0 aliphatic carbocycles. The highest BCUT2D eigenvalue weighted by Crippen LogP contribution is 2.30. The van der Waals surface area contributed by atoms with Crippen LogP contribution in [0, 0.1) is 0 Å². The van der Waals surface area contributed by atoms with E-state index in [1.54, 1.807) is 0 Å². The smallest absolute Gasteiger partial charge is 0.312 e. The Morgan fingerprint density at radius 1 is 0.739 bits per heavy atom. The molecule has 136 valence electrons. The van der Waals surface area contributed by atoms with E-state index in [1.165, 1.54) is 0 Å². The van der Waals surface area contributed by atoms with E-state index in [9.17, 15) is 9.59 Å². The van der Waals surface area contributed by atoms with E-state index in [-0.39, 0.29) is 11.2 Å². The summed E-state index contributed by atoms with van der Waals surface area (Å²) in [5.41, 5.74) is -1.78. The molecular formula is C18H36O4Si. The zero-order valence-corrected chi connectivity index (χ0v) is 17.4. The second-order valence-electron chi connectivity index (χ2n) is 8.29. The topological polar surface area (TPSA) is 52.6 Å². The van der Waals surface area contributed by atoms with Crippen LogP contribution in [0.1, 0.15) is 81.1 Å². The molecule has 0 saturated carbocycles. The maximum atomic E-state index is 13.0. The minimum atomic E-state index is -2.99. The van der Waals surface area contributed by atoms with Gasteiger partial charge in [-0.25, -0.2) is 0 Å². The van der Waals surface area contributed by atoms with Crippen LogP contribution in [-0.2, 0) is 9.47 Å². The van der Waals surface area contributed by atoms with Gasteiger partial charge in [0.1, 0.15) is 11.2 Å². The minimum Gasteiger partial charge on any atom is -0.464 e. The lowest BCUT2D eigenvalue weighted by molar-refractivity contribution is 0.0624. The van der Waals surface area contributed by atoms with E-state index in [2.05, 4.69) is 13.8 Å². The van der Waals surface area contributed by atoms with Crippen LogP contribution in [0.5, 0.6) is 0 Å². The summed E-state index contributed by atoms with van der Waals surface area (Å²) in [7, 11) is -2.99. The van der Waals surface area contributed by atoms with Gasteiger partial charge in [0, 0.05) is 0 Å². The lowest BCUT2D eigenvalue weighted by Gasteiger charge is -2.33. The largest absolute Gasteiger partial charge is 0.464 e. The second kappa shape index (κ2) is 8.86. The van der Waals surface area contributed by atoms with Gasteiger partial charge < -0.3 is 9.47 Å². The van der Waals surface area contributed by atoms with Crippen LogP contribution in [0.2, 0.25) is 12.1 Å². The van der Waals surface area contributed by atoms with Crippen molar-refractivity contribution in [3.8, 4) is 0 Å². The summed E-state index contributed by atoms with van der Waals surface area (Å²) >= 11 is 0. The van der Waals surface area contributed by atoms with Crippen LogP contribution in [0.25, 0.3) is 0 Å². The zero-order chi connectivity index (χ0) is 18.3. The Morgan fingerprint density at radius 2 is 1.04 bits per heavy atom. The highest BCUT2D eigenvalue weighted by molar-refractivity contribution is 7.23. The van der Waals surface area contributed by atoms with Crippen LogP contribution < -0.4 is 0 Å². The molecule has 0 aliphatic heterocycles. The Kier molecular flexibility index (Phi) is 8.53. The van der Waals surface area contributed by atoms with Gasteiger partial charge in [0.15, 0.2) is 0 Å². The van der Waals surface area contributed by atoms with E-state index in [1.807, 2.05) is 41.5 Å². The monoisotopic (exact) mass is 344 g/mol. The molecule has 0 heterocycles. The van der Waals surface area contributed by atoms with E-state index < -0.39 is 19.3 Å². The lowest BCUT2D eigenvalue weighted by atomic mass is 10.2. The second-order valence-corrected chi connectivity index (χ2v) is 12.3. The van der Waals surface area contributed by atoms with Gasteiger partial charge in [-0.3, -0.25) is 9.59 Å². The number of unbranched alkanes of at least 4 members (excludes halogenated alkanes) is 2. The summed E-state index contributed by atoms with van der Waals surface area (Å²) in [4.78, 5) is 25.9. The molecule has 0 fully saturated rings. The summed E-state index contributed by atoms with van der Waals surface area (Å²) < 4.78 is 11.3. The molecule has 0 N–H and O–H groups in total. The molecule has 0 unspecified atom stereocenters. The summed E-state index contributed by atoms with van der Waals surface area (Å²) in [6.07, 6.45) is 3.61.